The highest BCUT2D eigenvalue weighted by molar-refractivity contribution is 6.21. The van der Waals surface area contributed by atoms with E-state index in [1.165, 1.54) is 0 Å². The molecule has 1 aliphatic carbocycles. The summed E-state index contributed by atoms with van der Waals surface area (Å²) in [5.74, 6) is 2.12. The lowest BCUT2D eigenvalue weighted by molar-refractivity contribution is 0.320. The van der Waals surface area contributed by atoms with Crippen LogP contribution in [-0.2, 0) is 0 Å². The Hall–Kier alpha value is -1.03. The Morgan fingerprint density at radius 1 is 1.47 bits per heavy atom. The van der Waals surface area contributed by atoms with Crippen molar-refractivity contribution in [3.05, 3.63) is 12.4 Å². The molecule has 17 heavy (non-hydrogen) atoms. The highest BCUT2D eigenvalue weighted by Gasteiger charge is 2.28. The van der Waals surface area contributed by atoms with Crippen molar-refractivity contribution >= 4 is 17.4 Å². The minimum absolute atomic E-state index is 0.370. The van der Waals surface area contributed by atoms with Crippen LogP contribution in [0.3, 0.4) is 0 Å². The van der Waals surface area contributed by atoms with Crippen molar-refractivity contribution < 1.29 is 4.74 Å². The lowest BCUT2D eigenvalue weighted by Crippen LogP contribution is -2.35. The van der Waals surface area contributed by atoms with Gasteiger partial charge in [0.25, 0.3) is 0 Å². The number of ether oxygens (including phenoxy) is 1. The molecule has 5 heteroatoms. The van der Waals surface area contributed by atoms with E-state index >= 15 is 0 Å². The highest BCUT2D eigenvalue weighted by atomic mass is 35.5. The van der Waals surface area contributed by atoms with Crippen LogP contribution in [0, 0.1) is 5.92 Å². The van der Waals surface area contributed by atoms with Crippen LogP contribution in [0.5, 0.6) is 5.88 Å². The third kappa shape index (κ3) is 3.22. The lowest BCUT2D eigenvalue weighted by Gasteiger charge is -2.34. The average molecular weight is 256 g/mol. The molecule has 0 bridgehead atoms. The molecule has 0 unspecified atom stereocenters. The third-order valence-electron chi connectivity index (χ3n) is 2.99. The zero-order valence-corrected chi connectivity index (χ0v) is 11.0. The van der Waals surface area contributed by atoms with Gasteiger partial charge < -0.3 is 9.64 Å². The van der Waals surface area contributed by atoms with Crippen LogP contribution in [-0.4, -0.2) is 35.5 Å². The van der Waals surface area contributed by atoms with Crippen molar-refractivity contribution in [2.45, 2.75) is 25.1 Å². The molecule has 0 radical (unpaired) electrons. The van der Waals surface area contributed by atoms with Gasteiger partial charge in [0.15, 0.2) is 5.82 Å². The Morgan fingerprint density at radius 2 is 2.24 bits per heavy atom. The summed E-state index contributed by atoms with van der Waals surface area (Å²) >= 11 is 5.97. The minimum Gasteiger partial charge on any atom is -0.477 e. The Kier molecular flexibility index (Phi) is 4.05. The van der Waals surface area contributed by atoms with Gasteiger partial charge in [-0.05, 0) is 25.7 Å². The largest absolute Gasteiger partial charge is 0.477 e. The van der Waals surface area contributed by atoms with Crippen molar-refractivity contribution in [2.75, 3.05) is 25.1 Å². The molecule has 0 saturated heterocycles. The van der Waals surface area contributed by atoms with Crippen LogP contribution >= 0.6 is 11.6 Å². The van der Waals surface area contributed by atoms with Crippen molar-refractivity contribution in [1.29, 1.82) is 0 Å². The van der Waals surface area contributed by atoms with Crippen LogP contribution < -0.4 is 9.64 Å². The number of hydrogen-bond acceptors (Lipinski definition) is 4. The maximum atomic E-state index is 5.97. The average Bonchev–Trinajstić information content (AvgIpc) is 2.28. The van der Waals surface area contributed by atoms with E-state index in [1.807, 2.05) is 14.0 Å². The number of rotatable bonds is 5. The van der Waals surface area contributed by atoms with Crippen LogP contribution in [0.15, 0.2) is 12.4 Å². The monoisotopic (exact) mass is 255 g/mol. The summed E-state index contributed by atoms with van der Waals surface area (Å²) in [5.41, 5.74) is 0. The van der Waals surface area contributed by atoms with Crippen LogP contribution in [0.1, 0.15) is 19.8 Å². The number of halogens is 1. The van der Waals surface area contributed by atoms with E-state index < -0.39 is 0 Å². The smallest absolute Gasteiger partial charge is 0.234 e. The molecule has 94 valence electrons. The molecule has 0 aromatic carbocycles. The van der Waals surface area contributed by atoms with Gasteiger partial charge in [-0.1, -0.05) is 0 Å². The van der Waals surface area contributed by atoms with Crippen molar-refractivity contribution in [1.82, 2.24) is 9.97 Å². The molecule has 0 N–H and O–H groups in total. The normalized spacial score (nSPS) is 23.0. The molecule has 1 aliphatic rings. The zero-order valence-electron chi connectivity index (χ0n) is 10.3. The van der Waals surface area contributed by atoms with Gasteiger partial charge in [-0.3, -0.25) is 4.98 Å². The Balaban J connectivity index is 1.93. The Bertz CT molecular complexity index is 369. The van der Waals surface area contributed by atoms with E-state index in [0.29, 0.717) is 23.8 Å². The second-order valence-electron chi connectivity index (χ2n) is 4.46. The first-order valence-electron chi connectivity index (χ1n) is 5.99. The lowest BCUT2D eigenvalue weighted by atomic mass is 9.84. The molecule has 0 amide bonds. The number of nitrogens with zero attached hydrogens (tertiary/aromatic N) is 3. The molecular weight excluding hydrogens is 238 g/mol. The number of alkyl halides is 1. The maximum Gasteiger partial charge on any atom is 0.234 e. The van der Waals surface area contributed by atoms with Gasteiger partial charge in [-0.15, -0.1) is 11.6 Å². The summed E-state index contributed by atoms with van der Waals surface area (Å²) in [6.07, 6.45) is 5.60. The van der Waals surface area contributed by atoms with Gasteiger partial charge in [0.1, 0.15) is 0 Å². The van der Waals surface area contributed by atoms with Gasteiger partial charge in [-0.2, -0.15) is 4.98 Å². The fourth-order valence-corrected chi connectivity index (χ4v) is 2.53. The Labute approximate surface area is 107 Å². The van der Waals surface area contributed by atoms with Crippen LogP contribution in [0.4, 0.5) is 5.82 Å². The van der Waals surface area contributed by atoms with E-state index in [0.717, 1.165) is 25.2 Å². The minimum atomic E-state index is 0.370. The first-order chi connectivity index (χ1) is 8.19. The van der Waals surface area contributed by atoms with E-state index in [2.05, 4.69) is 14.9 Å². The fourth-order valence-electron chi connectivity index (χ4n) is 2.02. The Morgan fingerprint density at radius 3 is 2.88 bits per heavy atom. The van der Waals surface area contributed by atoms with Gasteiger partial charge in [0, 0.05) is 19.0 Å². The number of hydrogen-bond donors (Lipinski definition) is 0. The molecule has 1 fully saturated rings. The molecule has 0 spiro atoms. The second kappa shape index (κ2) is 5.54. The second-order valence-corrected chi connectivity index (χ2v) is 5.08. The summed E-state index contributed by atoms with van der Waals surface area (Å²) < 4.78 is 5.34. The highest BCUT2D eigenvalue weighted by Crippen LogP contribution is 2.32. The van der Waals surface area contributed by atoms with Crippen molar-refractivity contribution in [3.8, 4) is 5.88 Å². The molecule has 1 aromatic rings. The molecular formula is C12H18ClN3O. The third-order valence-corrected chi connectivity index (χ3v) is 3.35. The predicted molar refractivity (Wildman–Crippen MR) is 68.8 cm³/mol. The quantitative estimate of drug-likeness (QED) is 0.757. The van der Waals surface area contributed by atoms with Crippen molar-refractivity contribution in [3.63, 3.8) is 0 Å². The van der Waals surface area contributed by atoms with Gasteiger partial charge >= 0.3 is 0 Å². The summed E-state index contributed by atoms with van der Waals surface area (Å²) in [5, 5.41) is 0.370. The zero-order chi connectivity index (χ0) is 12.3. The molecule has 2 rings (SSSR count). The van der Waals surface area contributed by atoms with E-state index in [1.54, 1.807) is 12.4 Å². The van der Waals surface area contributed by atoms with E-state index in [4.69, 9.17) is 16.3 Å². The molecule has 1 aromatic heterocycles. The summed E-state index contributed by atoms with van der Waals surface area (Å²) in [6.45, 7) is 3.53. The van der Waals surface area contributed by atoms with Gasteiger partial charge in [-0.25, -0.2) is 0 Å². The molecule has 1 heterocycles. The summed E-state index contributed by atoms with van der Waals surface area (Å²) in [7, 11) is 2.03. The first-order valence-corrected chi connectivity index (χ1v) is 6.42. The van der Waals surface area contributed by atoms with Gasteiger partial charge in [0.05, 0.1) is 19.0 Å². The first kappa shape index (κ1) is 12.4. The molecule has 4 nitrogen and oxygen atoms in total. The number of aromatic nitrogens is 2. The predicted octanol–water partition coefficient (Wildman–Crippen LogP) is 2.33. The number of anilines is 1. The topological polar surface area (TPSA) is 38.2 Å². The SMILES string of the molecule is CCOc1cncc(N(C)CC2CC(Cl)C2)n1. The molecule has 0 atom stereocenters. The molecule has 1 saturated carbocycles. The van der Waals surface area contributed by atoms with E-state index in [9.17, 15) is 0 Å². The maximum absolute atomic E-state index is 5.97. The standard InChI is InChI=1S/C12H18ClN3O/c1-3-17-12-7-14-6-11(15-12)16(2)8-9-4-10(13)5-9/h6-7,9-10H,3-5,8H2,1-2H3. The summed E-state index contributed by atoms with van der Waals surface area (Å²) in [6, 6.07) is 0. The van der Waals surface area contributed by atoms with Crippen LogP contribution in [0.25, 0.3) is 0 Å². The molecule has 0 aliphatic heterocycles. The van der Waals surface area contributed by atoms with Crippen LogP contribution in [0.2, 0.25) is 0 Å². The van der Waals surface area contributed by atoms with E-state index in [-0.39, 0.29) is 0 Å². The fraction of sp³-hybridized carbons (Fsp3) is 0.667. The van der Waals surface area contributed by atoms with Gasteiger partial charge in [0.2, 0.25) is 5.88 Å². The van der Waals surface area contributed by atoms with Crippen molar-refractivity contribution in [2.24, 2.45) is 5.92 Å². The summed E-state index contributed by atoms with van der Waals surface area (Å²) in [4.78, 5) is 10.7.